The van der Waals surface area contributed by atoms with E-state index in [2.05, 4.69) is 12.2 Å². The lowest BCUT2D eigenvalue weighted by Crippen LogP contribution is -2.29. The first-order chi connectivity index (χ1) is 9.74. The second kappa shape index (κ2) is 6.75. The van der Waals surface area contributed by atoms with Crippen molar-refractivity contribution in [3.8, 4) is 5.75 Å². The molecule has 104 valence electrons. The van der Waals surface area contributed by atoms with Crippen molar-refractivity contribution in [1.82, 2.24) is 5.32 Å². The molecule has 0 aliphatic rings. The standard InChI is InChI=1S/C17H19NO2/c1-3-13-9-11-15(12-10-13)20-16(17(19)18-2)14-7-5-4-6-8-14/h4-12,16H,3H2,1-2H3,(H,18,19). The van der Waals surface area contributed by atoms with Crippen LogP contribution in [-0.4, -0.2) is 13.0 Å². The molecule has 2 aromatic rings. The molecule has 1 N–H and O–H groups in total. The van der Waals surface area contributed by atoms with Crippen molar-refractivity contribution in [2.75, 3.05) is 7.05 Å². The zero-order chi connectivity index (χ0) is 14.4. The third-order valence-corrected chi connectivity index (χ3v) is 3.17. The lowest BCUT2D eigenvalue weighted by Gasteiger charge is -2.18. The summed E-state index contributed by atoms with van der Waals surface area (Å²) in [5.74, 6) is 0.537. The zero-order valence-electron chi connectivity index (χ0n) is 11.8. The first kappa shape index (κ1) is 14.1. The lowest BCUT2D eigenvalue weighted by atomic mass is 10.1. The highest BCUT2D eigenvalue weighted by atomic mass is 16.5. The first-order valence-corrected chi connectivity index (χ1v) is 6.76. The van der Waals surface area contributed by atoms with Crippen LogP contribution in [0.5, 0.6) is 5.75 Å². The number of hydrogen-bond donors (Lipinski definition) is 1. The summed E-state index contributed by atoms with van der Waals surface area (Å²) in [6.07, 6.45) is 0.353. The number of benzene rings is 2. The third-order valence-electron chi connectivity index (χ3n) is 3.17. The molecule has 2 rings (SSSR count). The van der Waals surface area contributed by atoms with Crippen molar-refractivity contribution in [2.24, 2.45) is 0 Å². The number of likely N-dealkylation sites (N-methyl/N-ethyl adjacent to an activating group) is 1. The van der Waals surface area contributed by atoms with E-state index >= 15 is 0 Å². The Hall–Kier alpha value is -2.29. The minimum Gasteiger partial charge on any atom is -0.476 e. The van der Waals surface area contributed by atoms with Crippen LogP contribution in [0, 0.1) is 0 Å². The summed E-state index contributed by atoms with van der Waals surface area (Å²) in [4.78, 5) is 12.0. The zero-order valence-corrected chi connectivity index (χ0v) is 11.8. The second-order valence-corrected chi connectivity index (χ2v) is 4.52. The van der Waals surface area contributed by atoms with Gasteiger partial charge in [0.15, 0.2) is 0 Å². The highest BCUT2D eigenvalue weighted by Gasteiger charge is 2.21. The van der Waals surface area contributed by atoms with E-state index in [9.17, 15) is 4.79 Å². The number of aryl methyl sites for hydroxylation is 1. The van der Waals surface area contributed by atoms with Gasteiger partial charge < -0.3 is 10.1 Å². The average molecular weight is 269 g/mol. The van der Waals surface area contributed by atoms with Crippen LogP contribution in [0.15, 0.2) is 54.6 Å². The highest BCUT2D eigenvalue weighted by Crippen LogP contribution is 2.22. The monoisotopic (exact) mass is 269 g/mol. The van der Waals surface area contributed by atoms with E-state index in [1.807, 2.05) is 54.6 Å². The molecule has 20 heavy (non-hydrogen) atoms. The number of nitrogens with one attached hydrogen (secondary N) is 1. The van der Waals surface area contributed by atoms with Crippen molar-refractivity contribution in [2.45, 2.75) is 19.4 Å². The summed E-state index contributed by atoms with van der Waals surface area (Å²) < 4.78 is 5.84. The molecule has 0 aliphatic heterocycles. The van der Waals surface area contributed by atoms with Crippen LogP contribution in [0.1, 0.15) is 24.2 Å². The van der Waals surface area contributed by atoms with E-state index < -0.39 is 6.10 Å². The van der Waals surface area contributed by atoms with Crippen molar-refractivity contribution in [3.05, 3.63) is 65.7 Å². The average Bonchev–Trinajstić information content (AvgIpc) is 2.53. The van der Waals surface area contributed by atoms with E-state index in [0.717, 1.165) is 12.0 Å². The molecule has 0 spiro atoms. The Balaban J connectivity index is 2.21. The van der Waals surface area contributed by atoms with E-state index in [1.54, 1.807) is 7.05 Å². The van der Waals surface area contributed by atoms with E-state index in [0.29, 0.717) is 5.75 Å². The van der Waals surface area contributed by atoms with Gasteiger partial charge in [0.25, 0.3) is 5.91 Å². The molecular formula is C17H19NO2. The van der Waals surface area contributed by atoms with Crippen LogP contribution >= 0.6 is 0 Å². The Kier molecular flexibility index (Phi) is 4.77. The van der Waals surface area contributed by atoms with Gasteiger partial charge in [-0.1, -0.05) is 49.4 Å². The van der Waals surface area contributed by atoms with Gasteiger partial charge >= 0.3 is 0 Å². The number of rotatable bonds is 5. The Labute approximate surface area is 119 Å². The summed E-state index contributed by atoms with van der Waals surface area (Å²) in [6.45, 7) is 2.10. The van der Waals surface area contributed by atoms with Crippen LogP contribution in [-0.2, 0) is 11.2 Å². The fraction of sp³-hybridized carbons (Fsp3) is 0.235. The van der Waals surface area contributed by atoms with Crippen molar-refractivity contribution in [1.29, 1.82) is 0 Å². The molecule has 1 atom stereocenters. The molecule has 0 bridgehead atoms. The van der Waals surface area contributed by atoms with Crippen molar-refractivity contribution >= 4 is 5.91 Å². The molecule has 0 aliphatic carbocycles. The van der Waals surface area contributed by atoms with Gasteiger partial charge in [0.2, 0.25) is 6.10 Å². The summed E-state index contributed by atoms with van der Waals surface area (Å²) in [5.41, 5.74) is 2.08. The lowest BCUT2D eigenvalue weighted by molar-refractivity contribution is -0.127. The fourth-order valence-corrected chi connectivity index (χ4v) is 1.97. The fourth-order valence-electron chi connectivity index (χ4n) is 1.97. The van der Waals surface area contributed by atoms with Crippen molar-refractivity contribution < 1.29 is 9.53 Å². The summed E-state index contributed by atoms with van der Waals surface area (Å²) >= 11 is 0. The first-order valence-electron chi connectivity index (χ1n) is 6.76. The molecule has 0 aromatic heterocycles. The largest absolute Gasteiger partial charge is 0.476 e. The topological polar surface area (TPSA) is 38.3 Å². The normalized spacial score (nSPS) is 11.7. The molecule has 3 heteroatoms. The Bertz CT molecular complexity index is 549. The Morgan fingerprint density at radius 3 is 2.30 bits per heavy atom. The Morgan fingerprint density at radius 1 is 1.10 bits per heavy atom. The van der Waals surface area contributed by atoms with Gasteiger partial charge in [0.1, 0.15) is 5.75 Å². The SMILES string of the molecule is CCc1ccc(OC(C(=O)NC)c2ccccc2)cc1. The van der Waals surface area contributed by atoms with E-state index in [4.69, 9.17) is 4.74 Å². The van der Waals surface area contributed by atoms with E-state index in [1.165, 1.54) is 5.56 Å². The van der Waals surface area contributed by atoms with Crippen molar-refractivity contribution in [3.63, 3.8) is 0 Å². The molecule has 3 nitrogen and oxygen atoms in total. The highest BCUT2D eigenvalue weighted by molar-refractivity contribution is 5.82. The van der Waals surface area contributed by atoms with Gasteiger partial charge in [-0.25, -0.2) is 0 Å². The predicted octanol–water partition coefficient (Wildman–Crippen LogP) is 3.12. The van der Waals surface area contributed by atoms with Gasteiger partial charge in [-0.15, -0.1) is 0 Å². The number of ether oxygens (including phenoxy) is 1. The van der Waals surface area contributed by atoms with Gasteiger partial charge in [-0.2, -0.15) is 0 Å². The van der Waals surface area contributed by atoms with Gasteiger partial charge in [-0.05, 0) is 24.1 Å². The molecule has 2 aromatic carbocycles. The molecule has 1 unspecified atom stereocenters. The smallest absolute Gasteiger partial charge is 0.265 e. The van der Waals surface area contributed by atoms with Crippen LogP contribution in [0.3, 0.4) is 0 Å². The van der Waals surface area contributed by atoms with E-state index in [-0.39, 0.29) is 5.91 Å². The predicted molar refractivity (Wildman–Crippen MR) is 79.7 cm³/mol. The maximum Gasteiger partial charge on any atom is 0.265 e. The second-order valence-electron chi connectivity index (χ2n) is 4.52. The number of carbonyl (C=O) groups excluding carboxylic acids is 1. The van der Waals surface area contributed by atoms with Crippen LogP contribution in [0.2, 0.25) is 0 Å². The molecular weight excluding hydrogens is 250 g/mol. The third kappa shape index (κ3) is 3.38. The maximum absolute atomic E-state index is 12.0. The molecule has 0 fully saturated rings. The van der Waals surface area contributed by atoms with Crippen LogP contribution < -0.4 is 10.1 Å². The molecule has 1 amide bonds. The van der Waals surface area contributed by atoms with Gasteiger partial charge in [0.05, 0.1) is 0 Å². The Morgan fingerprint density at radius 2 is 1.75 bits per heavy atom. The molecule has 0 radical (unpaired) electrons. The number of hydrogen-bond acceptors (Lipinski definition) is 2. The van der Waals surface area contributed by atoms with Crippen LogP contribution in [0.4, 0.5) is 0 Å². The minimum absolute atomic E-state index is 0.157. The van der Waals surface area contributed by atoms with Gasteiger partial charge in [-0.3, -0.25) is 4.79 Å². The summed E-state index contributed by atoms with van der Waals surface area (Å²) in [5, 5.41) is 2.64. The molecule has 0 saturated heterocycles. The summed E-state index contributed by atoms with van der Waals surface area (Å²) in [7, 11) is 1.61. The quantitative estimate of drug-likeness (QED) is 0.905. The number of amides is 1. The van der Waals surface area contributed by atoms with Crippen LogP contribution in [0.25, 0.3) is 0 Å². The maximum atomic E-state index is 12.0. The minimum atomic E-state index is -0.631. The summed E-state index contributed by atoms with van der Waals surface area (Å²) in [6, 6.07) is 17.3. The molecule has 0 heterocycles. The van der Waals surface area contributed by atoms with Gasteiger partial charge in [0, 0.05) is 12.6 Å². The number of carbonyl (C=O) groups is 1. The molecule has 0 saturated carbocycles.